The van der Waals surface area contributed by atoms with Crippen molar-refractivity contribution in [1.29, 1.82) is 0 Å². The van der Waals surface area contributed by atoms with Crippen LogP contribution in [0.4, 0.5) is 5.69 Å². The van der Waals surface area contributed by atoms with Gasteiger partial charge in [-0.1, -0.05) is 0 Å². The molecule has 1 aromatic carbocycles. The van der Waals surface area contributed by atoms with Crippen molar-refractivity contribution >= 4 is 27.5 Å². The number of carboxylic acids is 1. The Labute approximate surface area is 136 Å². The Kier molecular flexibility index (Phi) is 4.38. The molecule has 0 bridgehead atoms. The first-order valence-electron chi connectivity index (χ1n) is 7.42. The van der Waals surface area contributed by atoms with Crippen molar-refractivity contribution < 1.29 is 27.4 Å². The maximum Gasteiger partial charge on any atom is 0.335 e. The molecule has 2 rings (SSSR count). The molecule has 126 valence electrons. The van der Waals surface area contributed by atoms with Crippen LogP contribution in [0, 0.1) is 0 Å². The van der Waals surface area contributed by atoms with Crippen molar-refractivity contribution in [2.75, 3.05) is 6.54 Å². The average Bonchev–Trinajstić information content (AvgIpc) is 2.63. The van der Waals surface area contributed by atoms with E-state index in [0.717, 1.165) is 17.0 Å². The van der Waals surface area contributed by atoms with Crippen molar-refractivity contribution in [3.63, 3.8) is 0 Å². The summed E-state index contributed by atoms with van der Waals surface area (Å²) in [6.07, 6.45) is 0.284. The number of benzene rings is 1. The normalized spacial score (nSPS) is 18.0. The van der Waals surface area contributed by atoms with Crippen LogP contribution in [0.1, 0.15) is 50.0 Å². The molecule has 1 heterocycles. The van der Waals surface area contributed by atoms with E-state index in [1.165, 1.54) is 6.92 Å². The van der Waals surface area contributed by atoms with Gasteiger partial charge in [0.25, 0.3) is 10.1 Å². The van der Waals surface area contributed by atoms with Gasteiger partial charge in [-0.3, -0.25) is 4.55 Å². The SMILES string of the molecule is CC1=[N+](CCC(C)S(=O)(=O)O)c2ccc(C(=O)O)cc2C1(C)C. The van der Waals surface area contributed by atoms with Gasteiger partial charge in [-0.25, -0.2) is 4.79 Å². The predicted molar refractivity (Wildman–Crippen MR) is 87.5 cm³/mol. The maximum atomic E-state index is 11.2. The fraction of sp³-hybridized carbons (Fsp3) is 0.500. The molecule has 2 N–H and O–H groups in total. The largest absolute Gasteiger partial charge is 0.478 e. The minimum Gasteiger partial charge on any atom is -0.478 e. The van der Waals surface area contributed by atoms with Gasteiger partial charge in [0.15, 0.2) is 5.71 Å². The molecule has 1 atom stereocenters. The van der Waals surface area contributed by atoms with Gasteiger partial charge in [0.05, 0.1) is 16.2 Å². The van der Waals surface area contributed by atoms with Crippen LogP contribution in [-0.4, -0.2) is 46.1 Å². The van der Waals surface area contributed by atoms with E-state index in [0.29, 0.717) is 6.54 Å². The molecule has 1 aliphatic heterocycles. The lowest BCUT2D eigenvalue weighted by atomic mass is 9.81. The lowest BCUT2D eigenvalue weighted by Crippen LogP contribution is -2.28. The fourth-order valence-corrected chi connectivity index (χ4v) is 3.27. The third kappa shape index (κ3) is 3.16. The Morgan fingerprint density at radius 1 is 1.35 bits per heavy atom. The predicted octanol–water partition coefficient (Wildman–Crippen LogP) is 2.45. The zero-order chi connectivity index (χ0) is 17.6. The van der Waals surface area contributed by atoms with Crippen LogP contribution in [-0.2, 0) is 15.5 Å². The van der Waals surface area contributed by atoms with Crippen molar-refractivity contribution in [1.82, 2.24) is 0 Å². The molecule has 1 aliphatic rings. The summed E-state index contributed by atoms with van der Waals surface area (Å²) in [5, 5.41) is 8.32. The van der Waals surface area contributed by atoms with Crippen molar-refractivity contribution in [2.45, 2.75) is 44.8 Å². The molecule has 0 radical (unpaired) electrons. The Morgan fingerprint density at radius 3 is 2.48 bits per heavy atom. The topological polar surface area (TPSA) is 94.7 Å². The van der Waals surface area contributed by atoms with E-state index >= 15 is 0 Å². The van der Waals surface area contributed by atoms with Crippen molar-refractivity contribution in [3.05, 3.63) is 29.3 Å². The number of hydrogen-bond donors (Lipinski definition) is 2. The lowest BCUT2D eigenvalue weighted by Gasteiger charge is -2.15. The first-order chi connectivity index (χ1) is 10.5. The summed E-state index contributed by atoms with van der Waals surface area (Å²) in [7, 11) is -4.05. The molecule has 0 aliphatic carbocycles. The second-order valence-electron chi connectivity index (χ2n) is 6.51. The summed E-state index contributed by atoms with van der Waals surface area (Å²) < 4.78 is 33.5. The Hall–Kier alpha value is -1.73. The Bertz CT molecular complexity index is 793. The highest BCUT2D eigenvalue weighted by molar-refractivity contribution is 7.86. The number of carboxylic acid groups (broad SMARTS) is 1. The summed E-state index contributed by atoms with van der Waals surface area (Å²) >= 11 is 0. The number of nitrogens with zero attached hydrogens (tertiary/aromatic N) is 1. The van der Waals surface area contributed by atoms with Gasteiger partial charge in [-0.05, 0) is 32.9 Å². The van der Waals surface area contributed by atoms with Gasteiger partial charge < -0.3 is 5.11 Å². The van der Waals surface area contributed by atoms with Crippen molar-refractivity contribution in [3.8, 4) is 0 Å². The first kappa shape index (κ1) is 17.6. The number of carbonyl (C=O) groups is 1. The monoisotopic (exact) mass is 340 g/mol. The maximum absolute atomic E-state index is 11.2. The van der Waals surface area contributed by atoms with Crippen LogP contribution >= 0.6 is 0 Å². The van der Waals surface area contributed by atoms with Crippen LogP contribution in [0.25, 0.3) is 0 Å². The second kappa shape index (κ2) is 5.72. The molecule has 23 heavy (non-hydrogen) atoms. The highest BCUT2D eigenvalue weighted by Crippen LogP contribution is 2.40. The van der Waals surface area contributed by atoms with Crippen LogP contribution in [0.15, 0.2) is 18.2 Å². The molecule has 0 fully saturated rings. The molecule has 1 unspecified atom stereocenters. The fourth-order valence-electron chi connectivity index (χ4n) is 2.87. The molecule has 0 amide bonds. The summed E-state index contributed by atoms with van der Waals surface area (Å²) in [5.41, 5.74) is 2.73. The molecule has 1 aromatic rings. The van der Waals surface area contributed by atoms with E-state index in [1.807, 2.05) is 25.3 Å². The third-order valence-electron chi connectivity index (χ3n) is 4.78. The molecule has 6 nitrogen and oxygen atoms in total. The number of hydrogen-bond acceptors (Lipinski definition) is 3. The van der Waals surface area contributed by atoms with E-state index < -0.39 is 21.3 Å². The van der Waals surface area contributed by atoms with Gasteiger partial charge in [0.1, 0.15) is 6.54 Å². The van der Waals surface area contributed by atoms with E-state index in [4.69, 9.17) is 9.66 Å². The highest BCUT2D eigenvalue weighted by atomic mass is 32.2. The van der Waals surface area contributed by atoms with Crippen LogP contribution in [0.5, 0.6) is 0 Å². The van der Waals surface area contributed by atoms with Crippen LogP contribution in [0.3, 0.4) is 0 Å². The lowest BCUT2D eigenvalue weighted by molar-refractivity contribution is -0.439. The van der Waals surface area contributed by atoms with Crippen LogP contribution < -0.4 is 0 Å². The standard InChI is InChI=1S/C16H21NO5S/c1-10(23(20,21)22)7-8-17-11(2)16(3,4)13-9-12(15(18)19)5-6-14(13)17/h5-6,9-10H,7-8H2,1-4H3,(H-,18,19,20,21,22)/p+1. The van der Waals surface area contributed by atoms with Gasteiger partial charge in [-0.15, -0.1) is 0 Å². The molecular formula is C16H22NO5S+. The van der Waals surface area contributed by atoms with Gasteiger partial charge in [0, 0.05) is 25.0 Å². The molecule has 7 heteroatoms. The molecule has 0 saturated carbocycles. The smallest absolute Gasteiger partial charge is 0.335 e. The van der Waals surface area contributed by atoms with Crippen LogP contribution in [0.2, 0.25) is 0 Å². The van der Waals surface area contributed by atoms with Gasteiger partial charge >= 0.3 is 5.97 Å². The Balaban J connectivity index is 2.39. The number of fused-ring (bicyclic) bond motifs is 1. The van der Waals surface area contributed by atoms with Crippen molar-refractivity contribution in [2.24, 2.45) is 0 Å². The summed E-state index contributed by atoms with van der Waals surface area (Å²) in [4.78, 5) is 11.2. The second-order valence-corrected chi connectivity index (χ2v) is 8.35. The zero-order valence-electron chi connectivity index (χ0n) is 13.7. The quantitative estimate of drug-likeness (QED) is 0.634. The van der Waals surface area contributed by atoms with E-state index in [9.17, 15) is 13.2 Å². The zero-order valence-corrected chi connectivity index (χ0v) is 14.5. The van der Waals surface area contributed by atoms with Gasteiger partial charge in [-0.2, -0.15) is 13.0 Å². The summed E-state index contributed by atoms with van der Waals surface area (Å²) in [5.74, 6) is -0.973. The highest BCUT2D eigenvalue weighted by Gasteiger charge is 2.43. The summed E-state index contributed by atoms with van der Waals surface area (Å²) in [6, 6.07) is 4.98. The molecule has 0 aromatic heterocycles. The minimum absolute atomic E-state index is 0.234. The van der Waals surface area contributed by atoms with E-state index in [2.05, 4.69) is 0 Å². The van der Waals surface area contributed by atoms with E-state index in [-0.39, 0.29) is 17.4 Å². The third-order valence-corrected chi connectivity index (χ3v) is 6.04. The van der Waals surface area contributed by atoms with E-state index in [1.54, 1.807) is 18.2 Å². The summed E-state index contributed by atoms with van der Waals surface area (Å²) in [6.45, 7) is 7.90. The molecule has 0 saturated heterocycles. The minimum atomic E-state index is -4.05. The Morgan fingerprint density at radius 2 is 1.96 bits per heavy atom. The molecular weight excluding hydrogens is 318 g/mol. The number of rotatable bonds is 5. The first-order valence-corrected chi connectivity index (χ1v) is 8.92. The molecule has 0 spiro atoms. The van der Waals surface area contributed by atoms with Gasteiger partial charge in [0.2, 0.25) is 5.69 Å². The number of aromatic carboxylic acids is 1. The average molecular weight is 340 g/mol.